The van der Waals surface area contributed by atoms with Crippen LogP contribution in [0.15, 0.2) is 35.3 Å². The van der Waals surface area contributed by atoms with Crippen molar-refractivity contribution < 1.29 is 17.6 Å². The number of piperidine rings is 1. The fourth-order valence-electron chi connectivity index (χ4n) is 4.78. The molecule has 10 heteroatoms. The molecule has 3 aromatic rings. The highest BCUT2D eigenvalue weighted by Crippen LogP contribution is 2.30. The molecule has 2 atom stereocenters. The van der Waals surface area contributed by atoms with Gasteiger partial charge in [0.15, 0.2) is 9.84 Å². The number of nitrogens with zero attached hydrogens (tertiary/aromatic N) is 2. The number of benzene rings is 1. The van der Waals surface area contributed by atoms with Crippen molar-refractivity contribution >= 4 is 43.2 Å². The fourth-order valence-corrected chi connectivity index (χ4v) is 6.51. The first-order valence-electron chi connectivity index (χ1n) is 10.7. The molecule has 0 spiro atoms. The van der Waals surface area contributed by atoms with Crippen LogP contribution in [-0.4, -0.2) is 59.8 Å². The van der Waals surface area contributed by atoms with Gasteiger partial charge in [0.1, 0.15) is 11.6 Å². The Morgan fingerprint density at radius 3 is 2.84 bits per heavy atom. The Morgan fingerprint density at radius 2 is 2.06 bits per heavy atom. The standard InChI is InChI=1S/C22H23FN4O4S/c23-14-3-4-16-17(10-14)19-18(5-7-24-21(19)28)26-20(16)25-15-2-1-8-27(11-15)22(29)13-6-9-32(30,31)12-13/h3-5,7,10,13,15H,1-2,6,8-9,11-12H2,(H,24,28)(H,25,26)/t13?,15-/m1/s1. The fraction of sp³-hybridized carbons (Fsp3) is 0.409. The van der Waals surface area contributed by atoms with E-state index in [1.54, 1.807) is 17.0 Å². The van der Waals surface area contributed by atoms with Crippen LogP contribution in [0, 0.1) is 11.7 Å². The Labute approximate surface area is 183 Å². The van der Waals surface area contributed by atoms with E-state index < -0.39 is 21.6 Å². The number of hydrogen-bond acceptors (Lipinski definition) is 6. The minimum absolute atomic E-state index is 0.0710. The van der Waals surface area contributed by atoms with Crippen LogP contribution in [0.5, 0.6) is 0 Å². The molecule has 1 amide bonds. The van der Waals surface area contributed by atoms with Crippen LogP contribution < -0.4 is 10.9 Å². The molecule has 4 heterocycles. The van der Waals surface area contributed by atoms with Gasteiger partial charge in [-0.3, -0.25) is 9.59 Å². The summed E-state index contributed by atoms with van der Waals surface area (Å²) in [6, 6.07) is 5.84. The predicted octanol–water partition coefficient (Wildman–Crippen LogP) is 2.05. The molecule has 1 aromatic carbocycles. The second-order valence-electron chi connectivity index (χ2n) is 8.59. The minimum Gasteiger partial charge on any atom is -0.365 e. The van der Waals surface area contributed by atoms with Gasteiger partial charge in [0, 0.05) is 36.1 Å². The van der Waals surface area contributed by atoms with Gasteiger partial charge >= 0.3 is 0 Å². The van der Waals surface area contributed by atoms with Gasteiger partial charge in [-0.1, -0.05) is 0 Å². The summed E-state index contributed by atoms with van der Waals surface area (Å²) in [6.45, 7) is 1.03. The van der Waals surface area contributed by atoms with E-state index in [2.05, 4.69) is 15.3 Å². The SMILES string of the molecule is O=C(C1CCS(=O)(=O)C1)N1CCC[C@@H](Nc2nc3cc[nH]c(=O)c3c3cc(F)ccc23)C1. The van der Waals surface area contributed by atoms with Gasteiger partial charge in [0.25, 0.3) is 5.56 Å². The van der Waals surface area contributed by atoms with Crippen molar-refractivity contribution in [2.24, 2.45) is 5.92 Å². The highest BCUT2D eigenvalue weighted by atomic mass is 32.2. The van der Waals surface area contributed by atoms with Crippen LogP contribution in [0.25, 0.3) is 21.7 Å². The number of fused-ring (bicyclic) bond motifs is 3. The number of halogens is 1. The smallest absolute Gasteiger partial charge is 0.258 e. The summed E-state index contributed by atoms with van der Waals surface area (Å²) in [5, 5.41) is 4.82. The maximum atomic E-state index is 14.0. The molecule has 1 unspecified atom stereocenters. The van der Waals surface area contributed by atoms with E-state index in [9.17, 15) is 22.4 Å². The van der Waals surface area contributed by atoms with Gasteiger partial charge in [-0.05, 0) is 43.5 Å². The number of anilines is 1. The molecule has 2 fully saturated rings. The summed E-state index contributed by atoms with van der Waals surface area (Å²) < 4.78 is 37.5. The lowest BCUT2D eigenvalue weighted by Crippen LogP contribution is -2.47. The van der Waals surface area contributed by atoms with Crippen molar-refractivity contribution in [1.82, 2.24) is 14.9 Å². The third-order valence-corrected chi connectivity index (χ3v) is 8.10. The van der Waals surface area contributed by atoms with E-state index >= 15 is 0 Å². The van der Waals surface area contributed by atoms with E-state index in [-0.39, 0.29) is 29.0 Å². The molecule has 168 valence electrons. The minimum atomic E-state index is -3.13. The van der Waals surface area contributed by atoms with E-state index in [4.69, 9.17) is 0 Å². The van der Waals surface area contributed by atoms with Crippen molar-refractivity contribution in [3.05, 3.63) is 46.6 Å². The van der Waals surface area contributed by atoms with Crippen LogP contribution in [0.3, 0.4) is 0 Å². The maximum absolute atomic E-state index is 14.0. The zero-order chi connectivity index (χ0) is 22.5. The molecule has 0 saturated carbocycles. The van der Waals surface area contributed by atoms with Gasteiger partial charge in [-0.25, -0.2) is 17.8 Å². The second kappa shape index (κ2) is 7.84. The number of aromatic amines is 1. The van der Waals surface area contributed by atoms with Crippen molar-refractivity contribution in [2.75, 3.05) is 29.9 Å². The number of aromatic nitrogens is 2. The molecule has 32 heavy (non-hydrogen) atoms. The molecule has 0 radical (unpaired) electrons. The lowest BCUT2D eigenvalue weighted by Gasteiger charge is -2.35. The Balaban J connectivity index is 1.44. The van der Waals surface area contributed by atoms with Gasteiger partial charge in [0.05, 0.1) is 28.3 Å². The summed E-state index contributed by atoms with van der Waals surface area (Å²) in [6.07, 6.45) is 3.48. The van der Waals surface area contributed by atoms with Crippen LogP contribution in [0.4, 0.5) is 10.2 Å². The molecule has 2 aromatic heterocycles. The number of nitrogens with one attached hydrogen (secondary N) is 2. The summed E-state index contributed by atoms with van der Waals surface area (Å²) in [5.74, 6) is -0.490. The molecule has 8 nitrogen and oxygen atoms in total. The largest absolute Gasteiger partial charge is 0.365 e. The average molecular weight is 459 g/mol. The quantitative estimate of drug-likeness (QED) is 0.581. The molecular formula is C22H23FN4O4S. The molecule has 2 aliphatic heterocycles. The Morgan fingerprint density at radius 1 is 1.22 bits per heavy atom. The first kappa shape index (κ1) is 20.9. The molecule has 2 N–H and O–H groups in total. The normalized spacial score (nSPS) is 23.0. The molecule has 0 aliphatic carbocycles. The first-order chi connectivity index (χ1) is 15.3. The number of H-pyrrole nitrogens is 1. The summed E-state index contributed by atoms with van der Waals surface area (Å²) >= 11 is 0. The second-order valence-corrected chi connectivity index (χ2v) is 10.8. The topological polar surface area (TPSA) is 112 Å². The van der Waals surface area contributed by atoms with Crippen molar-refractivity contribution in [1.29, 1.82) is 0 Å². The molecule has 5 rings (SSSR count). The number of pyridine rings is 2. The van der Waals surface area contributed by atoms with Gasteiger partial charge < -0.3 is 15.2 Å². The van der Waals surface area contributed by atoms with Crippen molar-refractivity contribution in [3.8, 4) is 0 Å². The lowest BCUT2D eigenvalue weighted by atomic mass is 10.0. The molecule has 0 bridgehead atoms. The van der Waals surface area contributed by atoms with Crippen molar-refractivity contribution in [3.63, 3.8) is 0 Å². The van der Waals surface area contributed by atoms with E-state index in [0.717, 1.165) is 12.8 Å². The molecule has 2 saturated heterocycles. The third kappa shape index (κ3) is 3.83. The number of hydrogen-bond donors (Lipinski definition) is 2. The third-order valence-electron chi connectivity index (χ3n) is 6.33. The highest BCUT2D eigenvalue weighted by molar-refractivity contribution is 7.91. The number of amides is 1. The van der Waals surface area contributed by atoms with Crippen LogP contribution in [0.2, 0.25) is 0 Å². The molecule has 2 aliphatic rings. The number of rotatable bonds is 3. The van der Waals surface area contributed by atoms with E-state index in [1.165, 1.54) is 18.3 Å². The summed E-state index contributed by atoms with van der Waals surface area (Å²) in [7, 11) is -3.13. The monoisotopic (exact) mass is 458 g/mol. The van der Waals surface area contributed by atoms with E-state index in [0.29, 0.717) is 47.0 Å². The van der Waals surface area contributed by atoms with Crippen LogP contribution in [0.1, 0.15) is 19.3 Å². The number of likely N-dealkylation sites (tertiary alicyclic amines) is 1. The van der Waals surface area contributed by atoms with Gasteiger partial charge in [-0.2, -0.15) is 0 Å². The summed E-state index contributed by atoms with van der Waals surface area (Å²) in [5.41, 5.74) is 0.118. The zero-order valence-electron chi connectivity index (χ0n) is 17.3. The number of sulfone groups is 1. The maximum Gasteiger partial charge on any atom is 0.258 e. The Bertz CT molecular complexity index is 1390. The lowest BCUT2D eigenvalue weighted by molar-refractivity contribution is -0.135. The number of carbonyl (C=O) groups is 1. The average Bonchev–Trinajstić information content (AvgIpc) is 3.13. The van der Waals surface area contributed by atoms with Gasteiger partial charge in [0.2, 0.25) is 5.91 Å². The van der Waals surface area contributed by atoms with E-state index in [1.807, 2.05) is 0 Å². The summed E-state index contributed by atoms with van der Waals surface area (Å²) in [4.78, 5) is 34.2. The highest BCUT2D eigenvalue weighted by Gasteiger charge is 2.36. The molecular weight excluding hydrogens is 435 g/mol. The van der Waals surface area contributed by atoms with Gasteiger partial charge in [-0.15, -0.1) is 0 Å². The Hall–Kier alpha value is -3.01. The van der Waals surface area contributed by atoms with Crippen molar-refractivity contribution in [2.45, 2.75) is 25.3 Å². The van der Waals surface area contributed by atoms with Crippen LogP contribution in [-0.2, 0) is 14.6 Å². The first-order valence-corrected chi connectivity index (χ1v) is 12.5. The Kier molecular flexibility index (Phi) is 5.11. The van der Waals surface area contributed by atoms with Crippen LogP contribution >= 0.6 is 0 Å². The zero-order valence-corrected chi connectivity index (χ0v) is 18.1. The predicted molar refractivity (Wildman–Crippen MR) is 120 cm³/mol. The number of carbonyl (C=O) groups excluding carboxylic acids is 1.